The van der Waals surface area contributed by atoms with Gasteiger partial charge in [0.15, 0.2) is 16.6 Å². The highest BCUT2D eigenvalue weighted by Gasteiger charge is 2.16. The number of amides is 1. The van der Waals surface area contributed by atoms with Crippen LogP contribution in [0.3, 0.4) is 0 Å². The summed E-state index contributed by atoms with van der Waals surface area (Å²) in [7, 11) is 1.63. The molecule has 3 N–H and O–H groups in total. The molecule has 0 saturated carbocycles. The van der Waals surface area contributed by atoms with Gasteiger partial charge < -0.3 is 29.4 Å². The Balaban J connectivity index is 1.35. The number of ether oxygens (including phenoxy) is 3. The fraction of sp³-hybridized carbons (Fsp3) is 0.433. The minimum atomic E-state index is -0.527. The van der Waals surface area contributed by atoms with Crippen molar-refractivity contribution in [3.8, 4) is 11.5 Å². The first kappa shape index (κ1) is 30.7. The smallest absolute Gasteiger partial charge is 0.412 e. The van der Waals surface area contributed by atoms with E-state index in [1.165, 1.54) is 5.56 Å². The van der Waals surface area contributed by atoms with Crippen molar-refractivity contribution < 1.29 is 19.0 Å². The number of aryl methyl sites for hydroxylation is 3. The summed E-state index contributed by atoms with van der Waals surface area (Å²) >= 11 is 5.43. The number of hydrogen-bond acceptors (Lipinski definition) is 6. The fourth-order valence-corrected chi connectivity index (χ4v) is 4.12. The molecule has 0 saturated heterocycles. The van der Waals surface area contributed by atoms with Crippen LogP contribution in [0.25, 0.3) is 0 Å². The summed E-state index contributed by atoms with van der Waals surface area (Å²) in [6.45, 7) is 9.79. The molecule has 0 fully saturated rings. The quantitative estimate of drug-likeness (QED) is 0.163. The molecule has 3 rings (SSSR count). The molecule has 0 bridgehead atoms. The Labute approximate surface area is 242 Å². The second kappa shape index (κ2) is 15.1. The number of nitrogens with one attached hydrogen (secondary N) is 3. The molecule has 0 spiro atoms. The van der Waals surface area contributed by atoms with Gasteiger partial charge in [0, 0.05) is 42.4 Å². The Kier molecular flexibility index (Phi) is 11.6. The van der Waals surface area contributed by atoms with Crippen molar-refractivity contribution in [3.05, 3.63) is 66.2 Å². The van der Waals surface area contributed by atoms with Crippen LogP contribution in [0.2, 0.25) is 0 Å². The van der Waals surface area contributed by atoms with Gasteiger partial charge in [0.25, 0.3) is 0 Å². The number of benzene rings is 2. The number of thiocarbonyl (C=S) groups is 1. The predicted octanol–water partition coefficient (Wildman–Crippen LogP) is 6.33. The number of carbonyl (C=O) groups excluding carboxylic acids is 1. The van der Waals surface area contributed by atoms with Crippen molar-refractivity contribution in [1.82, 2.24) is 14.9 Å². The molecule has 0 aliphatic rings. The summed E-state index contributed by atoms with van der Waals surface area (Å²) in [5, 5.41) is 9.75. The first-order valence-corrected chi connectivity index (χ1v) is 13.9. The third-order valence-electron chi connectivity index (χ3n) is 5.92. The van der Waals surface area contributed by atoms with Crippen molar-refractivity contribution in [2.45, 2.75) is 65.5 Å². The Morgan fingerprint density at radius 1 is 1.00 bits per heavy atom. The molecule has 40 heavy (non-hydrogen) atoms. The molecule has 0 radical (unpaired) electrons. The molecule has 1 aromatic heterocycles. The second-order valence-corrected chi connectivity index (χ2v) is 10.9. The summed E-state index contributed by atoms with van der Waals surface area (Å²) in [5.74, 6) is 1.34. The van der Waals surface area contributed by atoms with Gasteiger partial charge in [0.05, 0.1) is 20.0 Å². The molecule has 0 aliphatic carbocycles. The highest BCUT2D eigenvalue weighted by molar-refractivity contribution is 7.80. The van der Waals surface area contributed by atoms with E-state index in [1.807, 2.05) is 82.7 Å². The van der Waals surface area contributed by atoms with Crippen LogP contribution in [0.4, 0.5) is 16.2 Å². The average molecular weight is 568 g/mol. The molecule has 1 heterocycles. The number of anilines is 2. The van der Waals surface area contributed by atoms with E-state index in [1.54, 1.807) is 7.11 Å². The van der Waals surface area contributed by atoms with Gasteiger partial charge >= 0.3 is 6.09 Å². The number of rotatable bonds is 13. The minimum absolute atomic E-state index is 0.455. The molecular formula is C30H41N5O4S. The van der Waals surface area contributed by atoms with E-state index in [-0.39, 0.29) is 0 Å². The average Bonchev–Trinajstić information content (AvgIpc) is 3.31. The van der Waals surface area contributed by atoms with Gasteiger partial charge in [-0.15, -0.1) is 0 Å². The van der Waals surface area contributed by atoms with Crippen LogP contribution in [0.5, 0.6) is 11.5 Å². The van der Waals surface area contributed by atoms with Gasteiger partial charge in [-0.05, 0) is 95.4 Å². The van der Waals surface area contributed by atoms with Crippen molar-refractivity contribution in [2.24, 2.45) is 0 Å². The third kappa shape index (κ3) is 10.8. The SMILES string of the molecule is COc1cc(NC(=S)NCCCn2cncc2C)ccc1OCCCCc1ccc(NC(=O)OC(C)(C)C)cc1. The zero-order valence-corrected chi connectivity index (χ0v) is 24.9. The highest BCUT2D eigenvalue weighted by atomic mass is 32.1. The van der Waals surface area contributed by atoms with Crippen molar-refractivity contribution in [2.75, 3.05) is 30.9 Å². The number of aromatic nitrogens is 2. The number of nitrogens with zero attached hydrogens (tertiary/aromatic N) is 2. The van der Waals surface area contributed by atoms with E-state index in [0.717, 1.165) is 50.2 Å². The van der Waals surface area contributed by atoms with Crippen molar-refractivity contribution >= 4 is 34.8 Å². The van der Waals surface area contributed by atoms with Crippen LogP contribution >= 0.6 is 12.2 Å². The topological polar surface area (TPSA) is 98.7 Å². The van der Waals surface area contributed by atoms with Crippen LogP contribution in [0.1, 0.15) is 51.3 Å². The molecule has 0 aliphatic heterocycles. The number of carbonyl (C=O) groups is 1. The van der Waals surface area contributed by atoms with Gasteiger partial charge in [0.2, 0.25) is 0 Å². The lowest BCUT2D eigenvalue weighted by atomic mass is 10.1. The van der Waals surface area contributed by atoms with Crippen molar-refractivity contribution in [1.29, 1.82) is 0 Å². The van der Waals surface area contributed by atoms with E-state index in [4.69, 9.17) is 26.4 Å². The lowest BCUT2D eigenvalue weighted by molar-refractivity contribution is 0.0636. The van der Waals surface area contributed by atoms with E-state index in [0.29, 0.717) is 28.9 Å². The van der Waals surface area contributed by atoms with Gasteiger partial charge in [0.1, 0.15) is 5.60 Å². The van der Waals surface area contributed by atoms with E-state index in [2.05, 4.69) is 25.5 Å². The van der Waals surface area contributed by atoms with Crippen LogP contribution in [-0.2, 0) is 17.7 Å². The normalized spacial score (nSPS) is 11.0. The number of unbranched alkanes of at least 4 members (excludes halogenated alkanes) is 1. The molecule has 2 aromatic carbocycles. The van der Waals surface area contributed by atoms with Crippen LogP contribution in [0, 0.1) is 6.92 Å². The molecular weight excluding hydrogens is 526 g/mol. The lowest BCUT2D eigenvalue weighted by Crippen LogP contribution is -2.29. The van der Waals surface area contributed by atoms with Gasteiger partial charge in [-0.1, -0.05) is 12.1 Å². The molecule has 216 valence electrons. The molecule has 0 atom stereocenters. The Morgan fingerprint density at radius 2 is 1.75 bits per heavy atom. The van der Waals surface area contributed by atoms with Gasteiger partial charge in [-0.3, -0.25) is 5.32 Å². The first-order chi connectivity index (χ1) is 19.1. The van der Waals surface area contributed by atoms with Crippen LogP contribution < -0.4 is 25.4 Å². The maximum Gasteiger partial charge on any atom is 0.412 e. The summed E-state index contributed by atoms with van der Waals surface area (Å²) in [6, 6.07) is 13.5. The maximum absolute atomic E-state index is 11.9. The highest BCUT2D eigenvalue weighted by Crippen LogP contribution is 2.30. The molecule has 10 heteroatoms. The fourth-order valence-electron chi connectivity index (χ4n) is 3.90. The standard InChI is InChI=1S/C30H41N5O4S/c1-22-20-31-21-35(22)17-8-16-32-28(40)33-25-14-15-26(27(19-25)37-5)38-18-7-6-9-23-10-12-24(13-11-23)34-29(36)39-30(2,3)4/h10-15,19-21H,6-9,16-18H2,1-5H3,(H,34,36)(H2,32,33,40). The van der Waals surface area contributed by atoms with Gasteiger partial charge in [-0.2, -0.15) is 0 Å². The van der Waals surface area contributed by atoms with E-state index in [9.17, 15) is 4.79 Å². The molecule has 3 aromatic rings. The second-order valence-electron chi connectivity index (χ2n) is 10.5. The van der Waals surface area contributed by atoms with Crippen molar-refractivity contribution in [3.63, 3.8) is 0 Å². The van der Waals surface area contributed by atoms with E-state index < -0.39 is 11.7 Å². The summed E-state index contributed by atoms with van der Waals surface area (Å²) < 4.78 is 18.9. The summed E-state index contributed by atoms with van der Waals surface area (Å²) in [4.78, 5) is 16.0. The molecule has 9 nitrogen and oxygen atoms in total. The summed E-state index contributed by atoms with van der Waals surface area (Å²) in [5.41, 5.74) is 3.36. The monoisotopic (exact) mass is 567 g/mol. The zero-order valence-electron chi connectivity index (χ0n) is 24.1. The summed E-state index contributed by atoms with van der Waals surface area (Å²) in [6.07, 6.45) is 6.97. The first-order valence-electron chi connectivity index (χ1n) is 13.5. The van der Waals surface area contributed by atoms with Crippen LogP contribution in [-0.4, -0.2) is 46.6 Å². The van der Waals surface area contributed by atoms with E-state index >= 15 is 0 Å². The van der Waals surface area contributed by atoms with Crippen LogP contribution in [0.15, 0.2) is 55.0 Å². The Morgan fingerprint density at radius 3 is 2.42 bits per heavy atom. The third-order valence-corrected chi connectivity index (χ3v) is 6.17. The predicted molar refractivity (Wildman–Crippen MR) is 164 cm³/mol. The molecule has 0 unspecified atom stereocenters. The minimum Gasteiger partial charge on any atom is -0.493 e. The number of methoxy groups -OCH3 is 1. The Hall–Kier alpha value is -3.79. The lowest BCUT2D eigenvalue weighted by Gasteiger charge is -2.19. The largest absolute Gasteiger partial charge is 0.493 e. The number of imidazole rings is 1. The number of hydrogen-bond donors (Lipinski definition) is 3. The van der Waals surface area contributed by atoms with Gasteiger partial charge in [-0.25, -0.2) is 9.78 Å². The zero-order chi connectivity index (χ0) is 29.0. The maximum atomic E-state index is 11.9. The molecule has 1 amide bonds. The Bertz CT molecular complexity index is 1240.